The van der Waals surface area contributed by atoms with Crippen molar-refractivity contribution in [1.29, 1.82) is 0 Å². The van der Waals surface area contributed by atoms with Gasteiger partial charge in [-0.25, -0.2) is 9.79 Å². The van der Waals surface area contributed by atoms with Crippen molar-refractivity contribution in [2.75, 3.05) is 65.4 Å². The zero-order valence-corrected chi connectivity index (χ0v) is 44.1. The average molecular weight is 1020 g/mol. The maximum absolute atomic E-state index is 15.0. The third kappa shape index (κ3) is 9.95. The number of aliphatic hydroxyl groups is 2. The predicted octanol–water partition coefficient (Wildman–Crippen LogP) is 4.65. The summed E-state index contributed by atoms with van der Waals surface area (Å²) in [6.45, 7) is 19.0. The number of likely N-dealkylation sites (tertiary alicyclic amines) is 1. The minimum Gasteiger partial charge on any atom is -0.507 e. The predicted molar refractivity (Wildman–Crippen MR) is 270 cm³/mol. The number of nitrogens with zero attached hydrogens (tertiary/aromatic N) is 5. The van der Waals surface area contributed by atoms with Gasteiger partial charge in [-0.3, -0.25) is 19.4 Å². The Kier molecular flexibility index (Phi) is 15.2. The van der Waals surface area contributed by atoms with E-state index < -0.39 is 88.6 Å². The number of hydrogen-bond acceptors (Lipinski definition) is 16. The van der Waals surface area contributed by atoms with Crippen LogP contribution in [-0.4, -0.2) is 160 Å². The number of benzene rings is 2. The molecule has 6 heterocycles. The number of ketones is 1. The molecule has 0 radical (unpaired) electrons. The van der Waals surface area contributed by atoms with E-state index in [1.165, 1.54) is 33.5 Å². The smallest absolute Gasteiger partial charge is 0.410 e. The Morgan fingerprint density at radius 3 is 2.25 bits per heavy atom. The first-order chi connectivity index (χ1) is 34.5. The molecular weight excluding hydrogens is 941 g/mol. The van der Waals surface area contributed by atoms with Crippen LogP contribution in [0, 0.1) is 36.5 Å². The molecule has 2 aromatic rings. The van der Waals surface area contributed by atoms with Crippen molar-refractivity contribution in [3.05, 3.63) is 58.0 Å². The fourth-order valence-electron chi connectivity index (χ4n) is 11.5. The molecule has 0 aromatic heterocycles. The Bertz CT molecular complexity index is 2740. The molecule has 1 saturated carbocycles. The number of methoxy groups -OCH3 is 2. The summed E-state index contributed by atoms with van der Waals surface area (Å²) in [5.41, 5.74) is -0.718. The molecule has 19 heteroatoms. The summed E-state index contributed by atoms with van der Waals surface area (Å²) in [4.78, 5) is 71.6. The van der Waals surface area contributed by atoms with Gasteiger partial charge in [0.25, 0.3) is 11.7 Å². The normalized spacial score (nSPS) is 31.8. The Morgan fingerprint density at radius 1 is 0.904 bits per heavy atom. The third-order valence-electron chi connectivity index (χ3n) is 16.2. The SMILES string of the molecule is COCC(=O)N1CCN(C(=O)O[C@H]2[C@H](C)[C@H](O)[C@H](C)[C@@H](O)[C@@H](C)/C=C/C=C(/C)C(=O)N=c3c(O)c4c(O)c(C)c5c(c4c4c3=NC3(CCN(CC(C)C)CC3)N4)C(=O)[C@@](C)(O/C=C/[C@H](OC)[C@H]2C)O5)CC12CC2. The molecule has 9 rings (SSSR count). The van der Waals surface area contributed by atoms with Crippen LogP contribution in [-0.2, 0) is 28.5 Å². The van der Waals surface area contributed by atoms with Crippen molar-refractivity contribution in [3.63, 3.8) is 0 Å². The topological polar surface area (TPSA) is 242 Å². The molecule has 2 spiro atoms. The van der Waals surface area contributed by atoms with Crippen LogP contribution in [0.2, 0.25) is 0 Å². The maximum Gasteiger partial charge on any atom is 0.410 e. The van der Waals surface area contributed by atoms with Gasteiger partial charge in [0, 0.05) is 113 Å². The lowest BCUT2D eigenvalue weighted by molar-refractivity contribution is -0.141. The monoisotopic (exact) mass is 1010 g/mol. The van der Waals surface area contributed by atoms with Crippen molar-refractivity contribution in [3.8, 4) is 17.2 Å². The molecule has 2 saturated heterocycles. The van der Waals surface area contributed by atoms with Gasteiger partial charge in [0.05, 0.1) is 46.7 Å². The molecule has 73 heavy (non-hydrogen) atoms. The molecule has 5 bridgehead atoms. The number of phenolic OH excluding ortho intramolecular Hbond substituents is 2. The van der Waals surface area contributed by atoms with Crippen LogP contribution in [0.5, 0.6) is 17.2 Å². The number of fused-ring (bicyclic) bond motifs is 13. The Balaban J connectivity index is 1.20. The van der Waals surface area contributed by atoms with E-state index >= 15 is 0 Å². The molecule has 2 aromatic carbocycles. The summed E-state index contributed by atoms with van der Waals surface area (Å²) in [5.74, 6) is -6.66. The number of allylic oxidation sites excluding steroid dienone is 2. The third-order valence-corrected chi connectivity index (χ3v) is 16.2. The van der Waals surface area contributed by atoms with E-state index in [4.69, 9.17) is 28.7 Å². The van der Waals surface area contributed by atoms with Gasteiger partial charge in [-0.05, 0) is 38.7 Å². The highest BCUT2D eigenvalue weighted by atomic mass is 16.7. The molecule has 19 nitrogen and oxygen atoms in total. The molecule has 5 N–H and O–H groups in total. The van der Waals surface area contributed by atoms with E-state index in [2.05, 4.69) is 29.1 Å². The molecule has 1 aliphatic carbocycles. The number of phenols is 2. The van der Waals surface area contributed by atoms with Crippen molar-refractivity contribution in [1.82, 2.24) is 14.7 Å². The number of Topliss-reactive ketones (excluding diaryl/α,β-unsaturated/α-hetero) is 1. The van der Waals surface area contributed by atoms with Gasteiger partial charge in [-0.15, -0.1) is 0 Å². The minimum absolute atomic E-state index is 0.0343. The van der Waals surface area contributed by atoms with Gasteiger partial charge >= 0.3 is 11.9 Å². The lowest BCUT2D eigenvalue weighted by Gasteiger charge is -2.43. The summed E-state index contributed by atoms with van der Waals surface area (Å²) < 4.78 is 30.1. The fourth-order valence-corrected chi connectivity index (χ4v) is 11.5. The molecular formula is C54H74N6O13. The standard InChI is InChI=1S/C54H74N6O13/c1-28(2)25-58-20-18-54(19-21-58)56-40-37-38-45(64)34(8)48-39(37)49(66)52(9,73-48)71-24-15-35(70-11)31(5)47(72-51(68)59-22-23-60(36(61)26-69-10)53(27-59)16-17-53)33(7)44(63)32(6)43(62)29(3)13-12-14-30(4)50(67)55-42(46(38)65)41(40)57-54/h12-15,24,28-29,31-33,35,43-44,47,56,62-65H,16-23,25-27H2,1-11H3/b13-12+,24-15+,30-14-,55-42?/t29-,31+,32+,33+,35-,43-,44+,47+,52-/m0/s1. The average Bonchev–Trinajstić information content (AvgIpc) is 3.93. The zero-order valence-electron chi connectivity index (χ0n) is 44.1. The molecule has 3 fully saturated rings. The first-order valence-corrected chi connectivity index (χ1v) is 25.7. The highest BCUT2D eigenvalue weighted by Gasteiger charge is 2.55. The number of hydrogen-bond donors (Lipinski definition) is 5. The van der Waals surface area contributed by atoms with Crippen LogP contribution in [0.15, 0.2) is 46.1 Å². The van der Waals surface area contributed by atoms with E-state index in [-0.39, 0.29) is 75.3 Å². The molecule has 6 aliphatic heterocycles. The van der Waals surface area contributed by atoms with Crippen LogP contribution in [0.4, 0.5) is 10.5 Å². The van der Waals surface area contributed by atoms with E-state index in [9.17, 15) is 39.6 Å². The number of rotatable bonds is 6. The summed E-state index contributed by atoms with van der Waals surface area (Å²) in [7, 11) is 2.94. The number of aromatic hydroxyl groups is 2. The molecule has 0 unspecified atom stereocenters. The van der Waals surface area contributed by atoms with Crippen molar-refractivity contribution >= 4 is 40.2 Å². The maximum atomic E-state index is 15.0. The number of carbonyl (C=O) groups excluding carboxylic acids is 4. The van der Waals surface area contributed by atoms with Gasteiger partial charge in [0.15, 0.2) is 5.75 Å². The molecule has 398 valence electrons. The highest BCUT2D eigenvalue weighted by molar-refractivity contribution is 6.21. The first-order valence-electron chi connectivity index (χ1n) is 25.7. The fraction of sp³-hybridized carbons (Fsp3) is 0.630. The summed E-state index contributed by atoms with van der Waals surface area (Å²) in [6, 6.07) is 0. The summed E-state index contributed by atoms with van der Waals surface area (Å²) in [6.07, 6.45) is 5.47. The lowest BCUT2D eigenvalue weighted by Crippen LogP contribution is -2.59. The van der Waals surface area contributed by atoms with Gasteiger partial charge in [-0.1, -0.05) is 59.8 Å². The number of ether oxygens (including phenoxy) is 5. The number of anilines is 1. The van der Waals surface area contributed by atoms with Crippen molar-refractivity contribution in [2.45, 2.75) is 129 Å². The van der Waals surface area contributed by atoms with Crippen LogP contribution < -0.4 is 20.8 Å². The highest BCUT2D eigenvalue weighted by Crippen LogP contribution is 2.51. The quantitative estimate of drug-likeness (QED) is 0.248. The Labute approximate surface area is 426 Å². The second-order valence-electron chi connectivity index (χ2n) is 21.9. The second kappa shape index (κ2) is 20.6. The summed E-state index contributed by atoms with van der Waals surface area (Å²) >= 11 is 0. The Hall–Kier alpha value is -5.60. The Morgan fingerprint density at radius 2 is 1.60 bits per heavy atom. The van der Waals surface area contributed by atoms with Gasteiger partial charge < -0.3 is 64.1 Å². The van der Waals surface area contributed by atoms with Crippen molar-refractivity contribution < 1.29 is 63.3 Å². The van der Waals surface area contributed by atoms with E-state index in [0.717, 1.165) is 19.4 Å². The molecule has 7 aliphatic rings. The molecule has 9 atom stereocenters. The minimum atomic E-state index is -2.00. The largest absolute Gasteiger partial charge is 0.507 e. The number of aliphatic hydroxyl groups excluding tert-OH is 2. The van der Waals surface area contributed by atoms with Gasteiger partial charge in [0.1, 0.15) is 40.6 Å². The first kappa shape index (κ1) is 53.7. The summed E-state index contributed by atoms with van der Waals surface area (Å²) in [5, 5.41) is 51.6. The number of piperidine rings is 1. The van der Waals surface area contributed by atoms with Crippen LogP contribution in [0.1, 0.15) is 97.0 Å². The van der Waals surface area contributed by atoms with E-state index in [1.54, 1.807) is 69.6 Å². The van der Waals surface area contributed by atoms with Crippen LogP contribution >= 0.6 is 0 Å². The number of piperazine rings is 1. The van der Waals surface area contributed by atoms with E-state index in [0.29, 0.717) is 44.1 Å². The lowest BCUT2D eigenvalue weighted by atomic mass is 9.78. The number of amides is 3. The van der Waals surface area contributed by atoms with Crippen LogP contribution in [0.25, 0.3) is 10.8 Å². The van der Waals surface area contributed by atoms with Crippen LogP contribution in [0.3, 0.4) is 0 Å². The van der Waals surface area contributed by atoms with E-state index in [1.807, 2.05) is 0 Å². The van der Waals surface area contributed by atoms with Gasteiger partial charge in [-0.2, -0.15) is 0 Å². The van der Waals surface area contributed by atoms with Crippen molar-refractivity contribution in [2.24, 2.45) is 39.6 Å². The number of nitrogens with one attached hydrogen (secondary N) is 1. The zero-order chi connectivity index (χ0) is 53.1. The van der Waals surface area contributed by atoms with Gasteiger partial charge in [0.2, 0.25) is 5.91 Å². The number of carbonyl (C=O) groups is 4. The second-order valence-corrected chi connectivity index (χ2v) is 21.9. The molecule has 3 amide bonds.